The van der Waals surface area contributed by atoms with E-state index in [1.165, 1.54) is 11.6 Å². The highest BCUT2D eigenvalue weighted by atomic mass is 35.5. The van der Waals surface area contributed by atoms with Crippen LogP contribution in [0.3, 0.4) is 0 Å². The minimum Gasteiger partial charge on any atom is -0.263 e. The van der Waals surface area contributed by atoms with Crippen molar-refractivity contribution in [3.63, 3.8) is 0 Å². The van der Waals surface area contributed by atoms with Gasteiger partial charge in [-0.3, -0.25) is 5.10 Å². The lowest BCUT2D eigenvalue weighted by molar-refractivity contribution is 0.581. The molecule has 0 saturated heterocycles. The summed E-state index contributed by atoms with van der Waals surface area (Å²) in [5, 5.41) is 7.23. The predicted molar refractivity (Wildman–Crippen MR) is 101 cm³/mol. The number of rotatable bonds is 7. The van der Waals surface area contributed by atoms with Gasteiger partial charge < -0.3 is 0 Å². The van der Waals surface area contributed by atoms with Crippen LogP contribution in [0.25, 0.3) is 0 Å². The average Bonchev–Trinajstić information content (AvgIpc) is 3.04. The topological polar surface area (TPSA) is 87.7 Å². The second-order valence-electron chi connectivity index (χ2n) is 5.94. The van der Waals surface area contributed by atoms with Gasteiger partial charge in [0.05, 0.1) is 5.02 Å². The van der Waals surface area contributed by atoms with E-state index < -0.39 is 10.0 Å². The zero-order chi connectivity index (χ0) is 18.6. The molecule has 0 unspecified atom stereocenters. The third-order valence-corrected chi connectivity index (χ3v) is 5.80. The van der Waals surface area contributed by atoms with Gasteiger partial charge in [0, 0.05) is 19.4 Å². The van der Waals surface area contributed by atoms with Gasteiger partial charge in [-0.25, -0.2) is 18.1 Å². The van der Waals surface area contributed by atoms with Crippen LogP contribution in [-0.4, -0.2) is 30.1 Å². The summed E-state index contributed by atoms with van der Waals surface area (Å²) in [5.41, 5.74) is 2.34. The van der Waals surface area contributed by atoms with Crippen molar-refractivity contribution in [3.8, 4) is 0 Å². The Morgan fingerprint density at radius 3 is 2.58 bits per heavy atom. The molecular weight excluding hydrogens is 372 g/mol. The Labute approximate surface area is 157 Å². The van der Waals surface area contributed by atoms with Gasteiger partial charge in [0.1, 0.15) is 10.7 Å². The maximum absolute atomic E-state index is 12.3. The monoisotopic (exact) mass is 390 g/mol. The molecule has 2 aromatic carbocycles. The predicted octanol–water partition coefficient (Wildman–Crippen LogP) is 2.88. The number of halogens is 1. The molecule has 0 spiro atoms. The molecular formula is C18H19ClN4O2S. The van der Waals surface area contributed by atoms with Gasteiger partial charge in [0.15, 0.2) is 5.82 Å². The van der Waals surface area contributed by atoms with Gasteiger partial charge in [0.25, 0.3) is 0 Å². The number of aryl methyl sites for hydroxylation is 1. The number of aromatic amines is 1. The Bertz CT molecular complexity index is 984. The number of nitrogens with zero attached hydrogens (tertiary/aromatic N) is 2. The lowest BCUT2D eigenvalue weighted by Gasteiger charge is -2.07. The third-order valence-electron chi connectivity index (χ3n) is 3.84. The standard InChI is InChI=1S/C18H19ClN4O2S/c1-13-6-8-14(9-7-13)12-18-21-17(22-23-18)10-11-20-26(24,25)16-5-3-2-4-15(16)19/h2-9,20H,10-12H2,1H3,(H,21,22,23). The van der Waals surface area contributed by atoms with E-state index in [-0.39, 0.29) is 16.5 Å². The van der Waals surface area contributed by atoms with E-state index in [0.717, 1.165) is 11.4 Å². The molecule has 3 rings (SSSR count). The van der Waals surface area contributed by atoms with E-state index in [1.54, 1.807) is 18.2 Å². The lowest BCUT2D eigenvalue weighted by Crippen LogP contribution is -2.26. The molecule has 136 valence electrons. The molecule has 0 atom stereocenters. The summed E-state index contributed by atoms with van der Waals surface area (Å²) in [7, 11) is -3.65. The Balaban J connectivity index is 1.56. The minimum atomic E-state index is -3.65. The second kappa shape index (κ2) is 7.99. The molecule has 0 bridgehead atoms. The first kappa shape index (κ1) is 18.6. The number of sulfonamides is 1. The Hall–Kier alpha value is -2.22. The first-order chi connectivity index (χ1) is 12.4. The van der Waals surface area contributed by atoms with Gasteiger partial charge in [-0.1, -0.05) is 53.6 Å². The van der Waals surface area contributed by atoms with Crippen LogP contribution in [0.15, 0.2) is 53.4 Å². The molecule has 0 aliphatic rings. The number of benzene rings is 2. The summed E-state index contributed by atoms with van der Waals surface area (Å²) >= 11 is 5.95. The molecule has 0 aliphatic heterocycles. The van der Waals surface area contributed by atoms with Crippen molar-refractivity contribution in [1.29, 1.82) is 0 Å². The Morgan fingerprint density at radius 2 is 1.85 bits per heavy atom. The van der Waals surface area contributed by atoms with E-state index >= 15 is 0 Å². The summed E-state index contributed by atoms with van der Waals surface area (Å²) in [4.78, 5) is 4.48. The Morgan fingerprint density at radius 1 is 1.12 bits per heavy atom. The molecule has 6 nitrogen and oxygen atoms in total. The number of hydrogen-bond acceptors (Lipinski definition) is 4. The molecule has 0 aliphatic carbocycles. The van der Waals surface area contributed by atoms with Gasteiger partial charge in [0.2, 0.25) is 10.0 Å². The average molecular weight is 391 g/mol. The minimum absolute atomic E-state index is 0.0664. The van der Waals surface area contributed by atoms with Crippen LogP contribution in [-0.2, 0) is 22.9 Å². The molecule has 1 heterocycles. The van der Waals surface area contributed by atoms with E-state index in [1.807, 2.05) is 6.92 Å². The van der Waals surface area contributed by atoms with Crippen LogP contribution >= 0.6 is 11.6 Å². The van der Waals surface area contributed by atoms with Crippen LogP contribution in [0.1, 0.15) is 22.8 Å². The first-order valence-electron chi connectivity index (χ1n) is 8.14. The molecule has 26 heavy (non-hydrogen) atoms. The summed E-state index contributed by atoms with van der Waals surface area (Å²) in [5.74, 6) is 1.31. The maximum atomic E-state index is 12.3. The van der Waals surface area contributed by atoms with Crippen molar-refractivity contribution in [3.05, 3.63) is 76.3 Å². The van der Waals surface area contributed by atoms with Crippen LogP contribution in [0, 0.1) is 6.92 Å². The van der Waals surface area contributed by atoms with Crippen LogP contribution in [0.5, 0.6) is 0 Å². The van der Waals surface area contributed by atoms with Gasteiger partial charge >= 0.3 is 0 Å². The largest absolute Gasteiger partial charge is 0.263 e. The van der Waals surface area contributed by atoms with Crippen molar-refractivity contribution in [1.82, 2.24) is 19.9 Å². The van der Waals surface area contributed by atoms with E-state index in [4.69, 9.17) is 11.6 Å². The molecule has 0 amide bonds. The quantitative estimate of drug-likeness (QED) is 0.649. The molecule has 0 fully saturated rings. The molecule has 1 aromatic heterocycles. The lowest BCUT2D eigenvalue weighted by atomic mass is 10.1. The number of aromatic nitrogens is 3. The number of hydrogen-bond donors (Lipinski definition) is 2. The van der Waals surface area contributed by atoms with Crippen molar-refractivity contribution in [2.75, 3.05) is 6.54 Å². The molecule has 0 radical (unpaired) electrons. The Kier molecular flexibility index (Phi) is 5.70. The molecule has 0 saturated carbocycles. The van der Waals surface area contributed by atoms with Crippen molar-refractivity contribution < 1.29 is 8.42 Å². The number of nitrogens with one attached hydrogen (secondary N) is 2. The van der Waals surface area contributed by atoms with Gasteiger partial charge in [-0.15, -0.1) is 0 Å². The smallest absolute Gasteiger partial charge is 0.242 e. The van der Waals surface area contributed by atoms with Crippen molar-refractivity contribution in [2.24, 2.45) is 0 Å². The van der Waals surface area contributed by atoms with Crippen molar-refractivity contribution >= 4 is 21.6 Å². The van der Waals surface area contributed by atoms with Gasteiger partial charge in [-0.2, -0.15) is 5.10 Å². The third kappa shape index (κ3) is 4.69. The molecule has 2 N–H and O–H groups in total. The summed E-state index contributed by atoms with van der Waals surface area (Å²) in [6, 6.07) is 14.5. The first-order valence-corrected chi connectivity index (χ1v) is 10.00. The molecule has 3 aromatic rings. The SMILES string of the molecule is Cc1ccc(Cc2nc(CCNS(=O)(=O)c3ccccc3Cl)n[nH]2)cc1. The van der Waals surface area contributed by atoms with Gasteiger partial charge in [-0.05, 0) is 24.6 Å². The fourth-order valence-corrected chi connectivity index (χ4v) is 4.01. The summed E-state index contributed by atoms with van der Waals surface area (Å²) in [6.45, 7) is 2.23. The zero-order valence-corrected chi connectivity index (χ0v) is 15.8. The van der Waals surface area contributed by atoms with Crippen LogP contribution < -0.4 is 4.72 Å². The van der Waals surface area contributed by atoms with E-state index in [0.29, 0.717) is 18.7 Å². The van der Waals surface area contributed by atoms with E-state index in [9.17, 15) is 8.42 Å². The second-order valence-corrected chi connectivity index (χ2v) is 8.08. The van der Waals surface area contributed by atoms with E-state index in [2.05, 4.69) is 44.2 Å². The summed E-state index contributed by atoms with van der Waals surface area (Å²) in [6.07, 6.45) is 1.03. The highest BCUT2D eigenvalue weighted by molar-refractivity contribution is 7.89. The van der Waals surface area contributed by atoms with Crippen LogP contribution in [0.2, 0.25) is 5.02 Å². The van der Waals surface area contributed by atoms with Crippen molar-refractivity contribution in [2.45, 2.75) is 24.7 Å². The normalized spacial score (nSPS) is 11.6. The maximum Gasteiger partial charge on any atom is 0.242 e. The fourth-order valence-electron chi connectivity index (χ4n) is 2.46. The summed E-state index contributed by atoms with van der Waals surface area (Å²) < 4.78 is 27.1. The highest BCUT2D eigenvalue weighted by Crippen LogP contribution is 2.20. The molecule has 8 heteroatoms. The number of H-pyrrole nitrogens is 1. The highest BCUT2D eigenvalue weighted by Gasteiger charge is 2.17. The fraction of sp³-hybridized carbons (Fsp3) is 0.222. The zero-order valence-electron chi connectivity index (χ0n) is 14.2. The van der Waals surface area contributed by atoms with Crippen LogP contribution in [0.4, 0.5) is 0 Å².